The maximum atomic E-state index is 12.0. The first-order valence-corrected chi connectivity index (χ1v) is 7.39. The summed E-state index contributed by atoms with van der Waals surface area (Å²) in [4.78, 5) is 20.7. The van der Waals surface area contributed by atoms with Crippen LogP contribution in [0.2, 0.25) is 0 Å². The first-order valence-electron chi connectivity index (χ1n) is 7.39. The van der Waals surface area contributed by atoms with E-state index in [-0.39, 0.29) is 23.1 Å². The van der Waals surface area contributed by atoms with Gasteiger partial charge in [-0.25, -0.2) is 4.98 Å². The van der Waals surface area contributed by atoms with Crippen LogP contribution in [0.5, 0.6) is 5.88 Å². The van der Waals surface area contributed by atoms with Crippen molar-refractivity contribution in [1.29, 1.82) is 5.26 Å². The summed E-state index contributed by atoms with van der Waals surface area (Å²) in [6.07, 6.45) is 3.13. The van der Waals surface area contributed by atoms with Crippen LogP contribution >= 0.6 is 0 Å². The number of ketones is 1. The molecule has 0 amide bonds. The monoisotopic (exact) mass is 285 g/mol. The fourth-order valence-corrected chi connectivity index (χ4v) is 4.11. The van der Waals surface area contributed by atoms with Gasteiger partial charge in [-0.05, 0) is 25.2 Å². The number of nitriles is 1. The Labute approximate surface area is 124 Å². The lowest BCUT2D eigenvalue weighted by Crippen LogP contribution is -2.47. The summed E-state index contributed by atoms with van der Waals surface area (Å²) in [6, 6.07) is 2.02. The van der Waals surface area contributed by atoms with Gasteiger partial charge in [0, 0.05) is 23.3 Å². The van der Waals surface area contributed by atoms with Crippen molar-refractivity contribution in [3.05, 3.63) is 17.1 Å². The van der Waals surface area contributed by atoms with Crippen molar-refractivity contribution in [1.82, 2.24) is 9.97 Å². The molecule has 1 heterocycles. The van der Waals surface area contributed by atoms with Gasteiger partial charge in [-0.3, -0.25) is 4.79 Å². The molecule has 1 aromatic rings. The SMILES string of the molecule is COc1nc(C#N)nc2c1CC[C@H]1[C@H](C)C(=O)CC[C@]21C. The number of hydrogen-bond acceptors (Lipinski definition) is 5. The fraction of sp³-hybridized carbons (Fsp3) is 0.625. The van der Waals surface area contributed by atoms with Gasteiger partial charge in [-0.1, -0.05) is 13.8 Å². The van der Waals surface area contributed by atoms with Gasteiger partial charge in [0.25, 0.3) is 0 Å². The maximum absolute atomic E-state index is 12.0. The molecule has 2 aliphatic carbocycles. The average Bonchev–Trinajstić information content (AvgIpc) is 2.50. The lowest BCUT2D eigenvalue weighted by molar-refractivity contribution is -0.128. The van der Waals surface area contributed by atoms with E-state index < -0.39 is 0 Å². The van der Waals surface area contributed by atoms with Gasteiger partial charge in [-0.15, -0.1) is 0 Å². The molecule has 21 heavy (non-hydrogen) atoms. The van der Waals surface area contributed by atoms with E-state index in [0.29, 0.717) is 18.1 Å². The number of nitrogens with zero attached hydrogens (tertiary/aromatic N) is 3. The number of ether oxygens (including phenoxy) is 1. The number of aromatic nitrogens is 2. The topological polar surface area (TPSA) is 75.9 Å². The summed E-state index contributed by atoms with van der Waals surface area (Å²) < 4.78 is 5.36. The molecule has 1 aromatic heterocycles. The molecule has 0 unspecified atom stereocenters. The molecule has 3 atom stereocenters. The second kappa shape index (κ2) is 4.80. The molecule has 0 N–H and O–H groups in total. The van der Waals surface area contributed by atoms with Crippen LogP contribution in [-0.4, -0.2) is 22.9 Å². The van der Waals surface area contributed by atoms with Crippen molar-refractivity contribution >= 4 is 5.78 Å². The molecule has 1 fully saturated rings. The van der Waals surface area contributed by atoms with Crippen LogP contribution in [0.25, 0.3) is 0 Å². The molecule has 5 nitrogen and oxygen atoms in total. The third kappa shape index (κ3) is 1.93. The molecular formula is C16H19N3O2. The Morgan fingerprint density at radius 2 is 2.14 bits per heavy atom. The first-order chi connectivity index (χ1) is 10.0. The van der Waals surface area contributed by atoms with Crippen LogP contribution in [0.3, 0.4) is 0 Å². The van der Waals surface area contributed by atoms with Crippen molar-refractivity contribution in [2.24, 2.45) is 11.8 Å². The van der Waals surface area contributed by atoms with Crippen LogP contribution in [-0.2, 0) is 16.6 Å². The van der Waals surface area contributed by atoms with E-state index in [2.05, 4.69) is 16.9 Å². The maximum Gasteiger partial charge on any atom is 0.235 e. The zero-order valence-corrected chi connectivity index (χ0v) is 12.6. The highest BCUT2D eigenvalue weighted by Gasteiger charge is 2.49. The number of hydrogen-bond donors (Lipinski definition) is 0. The Balaban J connectivity index is 2.18. The normalized spacial score (nSPS) is 31.0. The van der Waals surface area contributed by atoms with Crippen LogP contribution in [0, 0.1) is 23.2 Å². The van der Waals surface area contributed by atoms with Crippen molar-refractivity contribution in [3.63, 3.8) is 0 Å². The minimum Gasteiger partial charge on any atom is -0.481 e. The number of carbonyl (C=O) groups excluding carboxylic acids is 1. The molecule has 0 aliphatic heterocycles. The predicted octanol–water partition coefficient (Wildman–Crippen LogP) is 2.18. The Morgan fingerprint density at radius 3 is 2.81 bits per heavy atom. The third-order valence-corrected chi connectivity index (χ3v) is 5.33. The minimum absolute atomic E-state index is 0.0587. The standard InChI is InChI=1S/C16H19N3O2/c1-9-11-5-4-10-14(16(11,2)7-6-12(9)20)18-13(8-17)19-15(10)21-3/h9,11H,4-7H2,1-3H3/t9-,11-,16-/m0/s1. The van der Waals surface area contributed by atoms with Gasteiger partial charge in [0.15, 0.2) is 0 Å². The van der Waals surface area contributed by atoms with E-state index in [1.807, 2.05) is 13.0 Å². The third-order valence-electron chi connectivity index (χ3n) is 5.33. The Morgan fingerprint density at radius 1 is 1.38 bits per heavy atom. The summed E-state index contributed by atoms with van der Waals surface area (Å²) in [7, 11) is 1.57. The van der Waals surface area contributed by atoms with Gasteiger partial charge >= 0.3 is 0 Å². The molecule has 5 heteroatoms. The zero-order chi connectivity index (χ0) is 15.2. The summed E-state index contributed by atoms with van der Waals surface area (Å²) in [5.41, 5.74) is 1.77. The zero-order valence-electron chi connectivity index (χ0n) is 12.6. The smallest absolute Gasteiger partial charge is 0.235 e. The fourth-order valence-electron chi connectivity index (χ4n) is 4.11. The highest BCUT2D eigenvalue weighted by Crippen LogP contribution is 2.51. The number of methoxy groups -OCH3 is 1. The van der Waals surface area contributed by atoms with Gasteiger partial charge in [0.2, 0.25) is 11.7 Å². The molecule has 2 aliphatic rings. The van der Waals surface area contributed by atoms with E-state index >= 15 is 0 Å². The number of fused-ring (bicyclic) bond motifs is 3. The Bertz CT molecular complexity index is 650. The van der Waals surface area contributed by atoms with Crippen LogP contribution in [0.15, 0.2) is 0 Å². The van der Waals surface area contributed by atoms with Crippen molar-refractivity contribution in [2.45, 2.75) is 44.9 Å². The molecule has 110 valence electrons. The summed E-state index contributed by atoms with van der Waals surface area (Å²) >= 11 is 0. The van der Waals surface area contributed by atoms with E-state index in [9.17, 15) is 4.79 Å². The second-order valence-electron chi connectivity index (χ2n) is 6.31. The van der Waals surface area contributed by atoms with E-state index in [4.69, 9.17) is 10.00 Å². The number of carbonyl (C=O) groups is 1. The van der Waals surface area contributed by atoms with Crippen LogP contribution in [0.4, 0.5) is 0 Å². The summed E-state index contributed by atoms with van der Waals surface area (Å²) in [5.74, 6) is 1.36. The molecular weight excluding hydrogens is 266 g/mol. The number of Topliss-reactive ketones (excluding diaryl/α,β-unsaturated/α-hetero) is 1. The minimum atomic E-state index is -0.164. The van der Waals surface area contributed by atoms with E-state index in [1.54, 1.807) is 7.11 Å². The number of rotatable bonds is 1. The predicted molar refractivity (Wildman–Crippen MR) is 75.9 cm³/mol. The second-order valence-corrected chi connectivity index (χ2v) is 6.31. The first kappa shape index (κ1) is 14.0. The molecule has 0 spiro atoms. The highest BCUT2D eigenvalue weighted by molar-refractivity contribution is 5.82. The van der Waals surface area contributed by atoms with Crippen molar-refractivity contribution in [2.75, 3.05) is 7.11 Å². The summed E-state index contributed by atoms with van der Waals surface area (Å²) in [6.45, 7) is 4.20. The molecule has 3 rings (SSSR count). The van der Waals surface area contributed by atoms with E-state index in [1.165, 1.54) is 0 Å². The molecule has 0 bridgehead atoms. The quantitative estimate of drug-likeness (QED) is 0.790. The van der Waals surface area contributed by atoms with Crippen molar-refractivity contribution in [3.8, 4) is 11.9 Å². The largest absolute Gasteiger partial charge is 0.481 e. The van der Waals surface area contributed by atoms with Gasteiger partial charge in [-0.2, -0.15) is 10.2 Å². The lowest BCUT2D eigenvalue weighted by Gasteiger charge is -2.47. The molecule has 1 saturated carbocycles. The van der Waals surface area contributed by atoms with Gasteiger partial charge in [0.05, 0.1) is 12.8 Å². The Kier molecular flexibility index (Phi) is 3.20. The van der Waals surface area contributed by atoms with Gasteiger partial charge < -0.3 is 4.74 Å². The lowest BCUT2D eigenvalue weighted by atomic mass is 9.56. The molecule has 0 radical (unpaired) electrons. The van der Waals surface area contributed by atoms with Crippen LogP contribution in [0.1, 0.15) is 50.2 Å². The highest BCUT2D eigenvalue weighted by atomic mass is 16.5. The molecule has 0 aromatic carbocycles. The van der Waals surface area contributed by atoms with E-state index in [0.717, 1.165) is 30.5 Å². The summed E-state index contributed by atoms with van der Waals surface area (Å²) in [5, 5.41) is 9.15. The van der Waals surface area contributed by atoms with Crippen molar-refractivity contribution < 1.29 is 9.53 Å². The average molecular weight is 285 g/mol. The van der Waals surface area contributed by atoms with Crippen LogP contribution < -0.4 is 4.74 Å². The molecule has 0 saturated heterocycles. The van der Waals surface area contributed by atoms with Gasteiger partial charge in [0.1, 0.15) is 11.9 Å². The Hall–Kier alpha value is -1.96.